The van der Waals surface area contributed by atoms with Crippen LogP contribution in [0.1, 0.15) is 49.0 Å². The summed E-state index contributed by atoms with van der Waals surface area (Å²) in [4.78, 5) is 0. The average Bonchev–Trinajstić information content (AvgIpc) is 2.83. The molecule has 1 atom stereocenters. The summed E-state index contributed by atoms with van der Waals surface area (Å²) in [5.41, 5.74) is 3.21. The lowest BCUT2D eigenvalue weighted by molar-refractivity contribution is 0.204. The number of hydrogen-bond acceptors (Lipinski definition) is 2. The summed E-state index contributed by atoms with van der Waals surface area (Å²) < 4.78 is 5.67. The van der Waals surface area contributed by atoms with E-state index in [1.807, 2.05) is 13.0 Å². The van der Waals surface area contributed by atoms with Gasteiger partial charge in [-0.15, -0.1) is 0 Å². The Morgan fingerprint density at radius 2 is 2.00 bits per heavy atom. The minimum atomic E-state index is 0.274. The van der Waals surface area contributed by atoms with Gasteiger partial charge in [0.25, 0.3) is 0 Å². The molecule has 0 radical (unpaired) electrons. The van der Waals surface area contributed by atoms with Crippen molar-refractivity contribution < 1.29 is 4.42 Å². The van der Waals surface area contributed by atoms with Crippen LogP contribution in [0.4, 0.5) is 0 Å². The molecule has 0 aliphatic heterocycles. The van der Waals surface area contributed by atoms with Crippen LogP contribution in [0.15, 0.2) is 40.8 Å². The lowest BCUT2D eigenvalue weighted by atomic mass is 9.70. The van der Waals surface area contributed by atoms with Gasteiger partial charge in [0.2, 0.25) is 0 Å². The molecule has 2 nitrogen and oxygen atoms in total. The maximum absolute atomic E-state index is 5.67. The fraction of sp³-hybridized carbons (Fsp3) is 0.444. The lowest BCUT2D eigenvalue weighted by Crippen LogP contribution is -2.37. The van der Waals surface area contributed by atoms with Crippen molar-refractivity contribution in [1.82, 2.24) is 5.32 Å². The second-order valence-corrected chi connectivity index (χ2v) is 6.51. The van der Waals surface area contributed by atoms with E-state index in [4.69, 9.17) is 4.42 Å². The van der Waals surface area contributed by atoms with Gasteiger partial charge in [-0.3, -0.25) is 0 Å². The average molecular weight is 269 g/mol. The first-order valence-corrected chi connectivity index (χ1v) is 7.43. The molecule has 20 heavy (non-hydrogen) atoms. The molecule has 0 bridgehead atoms. The number of benzene rings is 1. The first kappa shape index (κ1) is 13.4. The molecule has 0 amide bonds. The van der Waals surface area contributed by atoms with Gasteiger partial charge in [-0.2, -0.15) is 0 Å². The Labute approximate surface area is 121 Å². The second-order valence-electron chi connectivity index (χ2n) is 6.51. The number of rotatable bonds is 3. The molecule has 2 aromatic rings. The Kier molecular flexibility index (Phi) is 3.43. The number of aryl methyl sites for hydroxylation is 2. The maximum Gasteiger partial charge on any atom is 0.117 e. The normalized spacial score (nSPS) is 20.6. The Balaban J connectivity index is 1.82. The third kappa shape index (κ3) is 2.53. The van der Waals surface area contributed by atoms with Crippen LogP contribution in [-0.4, -0.2) is 0 Å². The highest BCUT2D eigenvalue weighted by Gasteiger charge is 2.35. The van der Waals surface area contributed by atoms with Crippen LogP contribution in [0.5, 0.6) is 0 Å². The Morgan fingerprint density at radius 1 is 1.20 bits per heavy atom. The van der Waals surface area contributed by atoms with Crippen LogP contribution in [-0.2, 0) is 13.0 Å². The van der Waals surface area contributed by atoms with E-state index in [1.54, 1.807) is 0 Å². The smallest absolute Gasteiger partial charge is 0.117 e. The van der Waals surface area contributed by atoms with Crippen LogP contribution < -0.4 is 5.32 Å². The minimum Gasteiger partial charge on any atom is -0.465 e. The highest BCUT2D eigenvalue weighted by molar-refractivity contribution is 5.34. The summed E-state index contributed by atoms with van der Waals surface area (Å²) in [6.45, 7) is 7.49. The number of fused-ring (bicyclic) bond motifs is 1. The molecule has 1 aliphatic rings. The van der Waals surface area contributed by atoms with Crippen LogP contribution >= 0.6 is 0 Å². The fourth-order valence-electron chi connectivity index (χ4n) is 3.23. The van der Waals surface area contributed by atoms with E-state index in [0.29, 0.717) is 6.04 Å². The Morgan fingerprint density at radius 3 is 2.75 bits per heavy atom. The summed E-state index contributed by atoms with van der Waals surface area (Å²) >= 11 is 0. The van der Waals surface area contributed by atoms with Crippen molar-refractivity contribution in [2.45, 2.75) is 46.2 Å². The predicted molar refractivity (Wildman–Crippen MR) is 81.6 cm³/mol. The highest BCUT2D eigenvalue weighted by Crippen LogP contribution is 2.43. The van der Waals surface area contributed by atoms with E-state index in [1.165, 1.54) is 24.0 Å². The van der Waals surface area contributed by atoms with Gasteiger partial charge in [0.1, 0.15) is 11.5 Å². The molecule has 0 saturated carbocycles. The van der Waals surface area contributed by atoms with Crippen molar-refractivity contribution in [2.75, 3.05) is 0 Å². The minimum absolute atomic E-state index is 0.274. The van der Waals surface area contributed by atoms with Gasteiger partial charge >= 0.3 is 0 Å². The zero-order chi connectivity index (χ0) is 14.2. The van der Waals surface area contributed by atoms with E-state index in [-0.39, 0.29) is 5.41 Å². The van der Waals surface area contributed by atoms with Crippen LogP contribution in [0, 0.1) is 12.3 Å². The molecule has 1 unspecified atom stereocenters. The zero-order valence-corrected chi connectivity index (χ0v) is 12.6. The molecule has 1 aliphatic carbocycles. The molecular formula is C18H23NO. The lowest BCUT2D eigenvalue weighted by Gasteiger charge is -2.40. The van der Waals surface area contributed by atoms with Gasteiger partial charge in [0.05, 0.1) is 6.54 Å². The van der Waals surface area contributed by atoms with E-state index in [2.05, 4.69) is 49.5 Å². The van der Waals surface area contributed by atoms with Crippen LogP contribution in [0.2, 0.25) is 0 Å². The van der Waals surface area contributed by atoms with Gasteiger partial charge in [-0.05, 0) is 48.4 Å². The number of furan rings is 1. The first-order valence-electron chi connectivity index (χ1n) is 7.43. The van der Waals surface area contributed by atoms with E-state index in [9.17, 15) is 0 Å². The summed E-state index contributed by atoms with van der Waals surface area (Å²) in [7, 11) is 0. The molecule has 1 aromatic heterocycles. The molecule has 3 rings (SSSR count). The van der Waals surface area contributed by atoms with E-state index in [0.717, 1.165) is 18.1 Å². The van der Waals surface area contributed by atoms with Gasteiger partial charge in [-0.25, -0.2) is 0 Å². The summed E-state index contributed by atoms with van der Waals surface area (Å²) in [6, 6.07) is 13.3. The van der Waals surface area contributed by atoms with Crippen molar-refractivity contribution >= 4 is 0 Å². The van der Waals surface area contributed by atoms with Crippen molar-refractivity contribution in [3.63, 3.8) is 0 Å². The Hall–Kier alpha value is -1.54. The molecule has 1 N–H and O–H groups in total. The summed E-state index contributed by atoms with van der Waals surface area (Å²) in [5, 5.41) is 3.70. The van der Waals surface area contributed by atoms with Crippen molar-refractivity contribution in [2.24, 2.45) is 5.41 Å². The Bertz CT molecular complexity index is 597. The van der Waals surface area contributed by atoms with Gasteiger partial charge in [-0.1, -0.05) is 38.1 Å². The first-order chi connectivity index (χ1) is 9.56. The van der Waals surface area contributed by atoms with Gasteiger partial charge in [0, 0.05) is 6.04 Å². The standard InChI is InChI=1S/C18H23NO/c1-13-8-9-15(20-13)12-19-17-16-7-5-4-6-14(16)10-11-18(17,2)3/h4-9,17,19H,10-12H2,1-3H3. The molecule has 2 heteroatoms. The highest BCUT2D eigenvalue weighted by atomic mass is 16.3. The zero-order valence-electron chi connectivity index (χ0n) is 12.6. The molecule has 1 heterocycles. The summed E-state index contributed by atoms with van der Waals surface area (Å²) in [6.07, 6.45) is 2.40. The second kappa shape index (κ2) is 5.10. The number of nitrogens with one attached hydrogen (secondary N) is 1. The third-order valence-electron chi connectivity index (χ3n) is 4.46. The van der Waals surface area contributed by atoms with Crippen LogP contribution in [0.3, 0.4) is 0 Å². The third-order valence-corrected chi connectivity index (χ3v) is 4.46. The fourth-order valence-corrected chi connectivity index (χ4v) is 3.23. The van der Waals surface area contributed by atoms with Crippen molar-refractivity contribution in [3.8, 4) is 0 Å². The monoisotopic (exact) mass is 269 g/mol. The van der Waals surface area contributed by atoms with Gasteiger partial charge in [0.15, 0.2) is 0 Å². The molecule has 1 aromatic carbocycles. The quantitative estimate of drug-likeness (QED) is 0.894. The molecule has 106 valence electrons. The SMILES string of the molecule is Cc1ccc(CNC2c3ccccc3CCC2(C)C)o1. The number of hydrogen-bond donors (Lipinski definition) is 1. The summed E-state index contributed by atoms with van der Waals surface area (Å²) in [5.74, 6) is 1.99. The molecule has 0 fully saturated rings. The molecule has 0 saturated heterocycles. The van der Waals surface area contributed by atoms with Crippen LogP contribution in [0.25, 0.3) is 0 Å². The van der Waals surface area contributed by atoms with E-state index < -0.39 is 0 Å². The predicted octanol–water partition coefficient (Wildman–Crippen LogP) is 4.39. The maximum atomic E-state index is 5.67. The van der Waals surface area contributed by atoms with Gasteiger partial charge < -0.3 is 9.73 Å². The van der Waals surface area contributed by atoms with E-state index >= 15 is 0 Å². The largest absolute Gasteiger partial charge is 0.465 e. The van der Waals surface area contributed by atoms with Crippen molar-refractivity contribution in [1.29, 1.82) is 0 Å². The molecule has 0 spiro atoms. The topological polar surface area (TPSA) is 25.2 Å². The molecular weight excluding hydrogens is 246 g/mol. The van der Waals surface area contributed by atoms with Crippen molar-refractivity contribution in [3.05, 3.63) is 59.0 Å².